The van der Waals surface area contributed by atoms with Gasteiger partial charge in [0.2, 0.25) is 0 Å². The second kappa shape index (κ2) is 6.20. The quantitative estimate of drug-likeness (QED) is 0.619. The van der Waals surface area contributed by atoms with E-state index in [9.17, 15) is 13.9 Å². The van der Waals surface area contributed by atoms with Gasteiger partial charge in [-0.3, -0.25) is 4.99 Å². The molecule has 0 aliphatic carbocycles. The average molecular weight is 255 g/mol. The summed E-state index contributed by atoms with van der Waals surface area (Å²) in [6.07, 6.45) is 2.45. The molecule has 0 spiro atoms. The molecule has 0 fully saturated rings. The van der Waals surface area contributed by atoms with Crippen LogP contribution in [-0.2, 0) is 5.60 Å². The Morgan fingerprint density at radius 2 is 2.17 bits per heavy atom. The van der Waals surface area contributed by atoms with Crippen LogP contribution in [0.4, 0.5) is 8.78 Å². The van der Waals surface area contributed by atoms with E-state index >= 15 is 0 Å². The minimum absolute atomic E-state index is 0.0141. The lowest BCUT2D eigenvalue weighted by atomic mass is 9.91. The highest BCUT2D eigenvalue weighted by atomic mass is 19.1. The summed E-state index contributed by atoms with van der Waals surface area (Å²) in [5.41, 5.74) is 3.54. The number of hydrogen-bond acceptors (Lipinski definition) is 2. The number of benzene rings is 1. The van der Waals surface area contributed by atoms with Crippen molar-refractivity contribution in [3.05, 3.63) is 35.4 Å². The van der Waals surface area contributed by atoms with Gasteiger partial charge in [-0.2, -0.15) is 0 Å². The molecular weight excluding hydrogens is 240 g/mol. The SMILES string of the molecule is CCC(O)(CN=CN=CN)c1ccc(F)cc1F. The van der Waals surface area contributed by atoms with Crippen molar-refractivity contribution in [2.45, 2.75) is 18.9 Å². The van der Waals surface area contributed by atoms with Crippen LogP contribution in [-0.4, -0.2) is 24.3 Å². The summed E-state index contributed by atoms with van der Waals surface area (Å²) < 4.78 is 26.4. The van der Waals surface area contributed by atoms with E-state index in [1.165, 1.54) is 12.4 Å². The molecule has 3 N–H and O–H groups in total. The smallest absolute Gasteiger partial charge is 0.132 e. The molecule has 0 aliphatic heterocycles. The second-order valence-corrected chi connectivity index (χ2v) is 3.76. The first-order chi connectivity index (χ1) is 8.53. The third-order valence-corrected chi connectivity index (χ3v) is 2.60. The van der Waals surface area contributed by atoms with Gasteiger partial charge in [0, 0.05) is 11.6 Å². The molecule has 6 heteroatoms. The average Bonchev–Trinajstić information content (AvgIpc) is 2.34. The number of nitrogens with two attached hydrogens (primary N) is 1. The summed E-state index contributed by atoms with van der Waals surface area (Å²) in [5.74, 6) is -1.48. The van der Waals surface area contributed by atoms with E-state index in [1.807, 2.05) is 0 Å². The fraction of sp³-hybridized carbons (Fsp3) is 0.333. The van der Waals surface area contributed by atoms with Gasteiger partial charge in [0.15, 0.2) is 0 Å². The van der Waals surface area contributed by atoms with Gasteiger partial charge < -0.3 is 10.8 Å². The number of hydrogen-bond donors (Lipinski definition) is 2. The van der Waals surface area contributed by atoms with Crippen molar-refractivity contribution in [1.82, 2.24) is 0 Å². The van der Waals surface area contributed by atoms with E-state index in [0.29, 0.717) is 0 Å². The molecule has 98 valence electrons. The van der Waals surface area contributed by atoms with Crippen LogP contribution in [0.5, 0.6) is 0 Å². The van der Waals surface area contributed by atoms with Gasteiger partial charge in [0.25, 0.3) is 0 Å². The zero-order chi connectivity index (χ0) is 13.6. The molecule has 1 rings (SSSR count). The van der Waals surface area contributed by atoms with Crippen molar-refractivity contribution in [1.29, 1.82) is 0 Å². The Morgan fingerprint density at radius 3 is 2.72 bits per heavy atom. The third-order valence-electron chi connectivity index (χ3n) is 2.60. The van der Waals surface area contributed by atoms with Crippen LogP contribution >= 0.6 is 0 Å². The van der Waals surface area contributed by atoms with Gasteiger partial charge in [0.1, 0.15) is 23.6 Å². The molecule has 18 heavy (non-hydrogen) atoms. The predicted molar refractivity (Wildman–Crippen MR) is 66.6 cm³/mol. The molecule has 0 saturated heterocycles. The molecule has 0 amide bonds. The van der Waals surface area contributed by atoms with Crippen molar-refractivity contribution in [2.75, 3.05) is 6.54 Å². The van der Waals surface area contributed by atoms with Gasteiger partial charge >= 0.3 is 0 Å². The topological polar surface area (TPSA) is 71.0 Å². The molecule has 1 atom stereocenters. The van der Waals surface area contributed by atoms with Crippen LogP contribution in [0.2, 0.25) is 0 Å². The number of halogens is 2. The van der Waals surface area contributed by atoms with Crippen LogP contribution in [0, 0.1) is 11.6 Å². The molecule has 0 aliphatic rings. The lowest BCUT2D eigenvalue weighted by molar-refractivity contribution is 0.0388. The lowest BCUT2D eigenvalue weighted by Crippen LogP contribution is -2.29. The lowest BCUT2D eigenvalue weighted by Gasteiger charge is -2.25. The summed E-state index contributed by atoms with van der Waals surface area (Å²) in [5, 5.41) is 10.3. The van der Waals surface area contributed by atoms with Gasteiger partial charge in [-0.15, -0.1) is 0 Å². The molecule has 0 radical (unpaired) electrons. The molecule has 0 heterocycles. The predicted octanol–water partition coefficient (Wildman–Crippen LogP) is 1.58. The van der Waals surface area contributed by atoms with Crippen LogP contribution in [0.3, 0.4) is 0 Å². The van der Waals surface area contributed by atoms with Gasteiger partial charge in [-0.1, -0.05) is 13.0 Å². The van der Waals surface area contributed by atoms with Crippen LogP contribution in [0.25, 0.3) is 0 Å². The number of aliphatic imine (C=N–C) groups is 2. The van der Waals surface area contributed by atoms with Crippen molar-refractivity contribution < 1.29 is 13.9 Å². The minimum Gasteiger partial charge on any atom is -0.390 e. The number of aliphatic hydroxyl groups is 1. The zero-order valence-corrected chi connectivity index (χ0v) is 9.98. The second-order valence-electron chi connectivity index (χ2n) is 3.76. The summed E-state index contributed by atoms with van der Waals surface area (Å²) >= 11 is 0. The largest absolute Gasteiger partial charge is 0.390 e. The Hall–Kier alpha value is -1.82. The molecule has 0 bridgehead atoms. The molecule has 0 aromatic heterocycles. The standard InChI is InChI=1S/C12H15F2N3O/c1-2-12(18,6-16-8-17-7-15)10-4-3-9(13)5-11(10)14/h3-5,7-8,18H,2,6H2,1H3,(H2,15,16,17). The summed E-state index contributed by atoms with van der Waals surface area (Å²) in [6, 6.07) is 3.05. The van der Waals surface area contributed by atoms with Gasteiger partial charge in [0.05, 0.1) is 12.9 Å². The maximum absolute atomic E-state index is 13.6. The van der Waals surface area contributed by atoms with Crippen molar-refractivity contribution in [3.8, 4) is 0 Å². The van der Waals surface area contributed by atoms with E-state index in [1.54, 1.807) is 6.92 Å². The normalized spacial score (nSPS) is 15.3. The first-order valence-corrected chi connectivity index (χ1v) is 5.43. The minimum atomic E-state index is -1.49. The highest BCUT2D eigenvalue weighted by molar-refractivity contribution is 5.69. The number of nitrogens with zero attached hydrogens (tertiary/aromatic N) is 2. The Labute approximate surface area is 104 Å². The molecular formula is C12H15F2N3O. The highest BCUT2D eigenvalue weighted by Crippen LogP contribution is 2.28. The Morgan fingerprint density at radius 1 is 1.44 bits per heavy atom. The highest BCUT2D eigenvalue weighted by Gasteiger charge is 2.30. The van der Waals surface area contributed by atoms with E-state index in [4.69, 9.17) is 5.73 Å². The van der Waals surface area contributed by atoms with E-state index in [0.717, 1.165) is 18.5 Å². The first kappa shape index (κ1) is 14.2. The fourth-order valence-electron chi connectivity index (χ4n) is 1.53. The monoisotopic (exact) mass is 255 g/mol. The zero-order valence-electron chi connectivity index (χ0n) is 9.98. The van der Waals surface area contributed by atoms with Crippen molar-refractivity contribution in [2.24, 2.45) is 15.7 Å². The summed E-state index contributed by atoms with van der Waals surface area (Å²) in [4.78, 5) is 7.37. The first-order valence-electron chi connectivity index (χ1n) is 5.43. The van der Waals surface area contributed by atoms with Crippen molar-refractivity contribution >= 4 is 12.7 Å². The van der Waals surface area contributed by atoms with Crippen molar-refractivity contribution in [3.63, 3.8) is 0 Å². The molecule has 1 aromatic rings. The fourth-order valence-corrected chi connectivity index (χ4v) is 1.53. The van der Waals surface area contributed by atoms with Crippen LogP contribution in [0.1, 0.15) is 18.9 Å². The van der Waals surface area contributed by atoms with Crippen LogP contribution in [0.15, 0.2) is 28.2 Å². The van der Waals surface area contributed by atoms with Crippen LogP contribution < -0.4 is 5.73 Å². The van der Waals surface area contributed by atoms with E-state index in [-0.39, 0.29) is 18.5 Å². The molecule has 1 aromatic carbocycles. The summed E-state index contributed by atoms with van der Waals surface area (Å²) in [7, 11) is 0. The molecule has 4 nitrogen and oxygen atoms in total. The van der Waals surface area contributed by atoms with E-state index in [2.05, 4.69) is 9.98 Å². The maximum atomic E-state index is 13.6. The molecule has 0 saturated carbocycles. The third kappa shape index (κ3) is 3.33. The Balaban J connectivity index is 2.99. The van der Waals surface area contributed by atoms with E-state index < -0.39 is 17.2 Å². The van der Waals surface area contributed by atoms with Gasteiger partial charge in [-0.25, -0.2) is 13.8 Å². The van der Waals surface area contributed by atoms with Gasteiger partial charge in [-0.05, 0) is 12.5 Å². The Kier molecular flexibility index (Phi) is 4.91. The maximum Gasteiger partial charge on any atom is 0.132 e. The molecule has 1 unspecified atom stereocenters. The number of rotatable bonds is 5. The summed E-state index contributed by atoms with van der Waals surface area (Å²) in [6.45, 7) is 1.61. The Bertz CT molecular complexity index is 463.